The van der Waals surface area contributed by atoms with Gasteiger partial charge in [-0.15, -0.1) is 0 Å². The van der Waals surface area contributed by atoms with Crippen molar-refractivity contribution < 1.29 is 0 Å². The van der Waals surface area contributed by atoms with E-state index in [4.69, 9.17) is 4.98 Å². The Labute approximate surface area is 166 Å². The van der Waals surface area contributed by atoms with E-state index in [1.807, 2.05) is 16.8 Å². The average molecular weight is 379 g/mol. The van der Waals surface area contributed by atoms with E-state index in [2.05, 4.69) is 65.2 Å². The molecule has 1 fully saturated rings. The van der Waals surface area contributed by atoms with E-state index in [1.165, 1.54) is 24.0 Å². The monoisotopic (exact) mass is 378 g/mol. The summed E-state index contributed by atoms with van der Waals surface area (Å²) in [5, 5.41) is 15.2. The van der Waals surface area contributed by atoms with Gasteiger partial charge in [0.25, 0.3) is 0 Å². The lowest BCUT2D eigenvalue weighted by Crippen LogP contribution is -2.31. The molecule has 3 aromatic rings. The molecule has 6 nitrogen and oxygen atoms in total. The van der Waals surface area contributed by atoms with Crippen molar-refractivity contribution >= 4 is 17.3 Å². The maximum atomic E-state index is 4.89. The molecule has 148 valence electrons. The molecule has 1 aliphatic heterocycles. The Bertz CT molecular complexity index is 896. The Morgan fingerprint density at radius 3 is 2.68 bits per heavy atom. The number of benzene rings is 1. The van der Waals surface area contributed by atoms with E-state index < -0.39 is 0 Å². The zero-order valence-corrected chi connectivity index (χ0v) is 16.8. The van der Waals surface area contributed by atoms with Gasteiger partial charge in [-0.1, -0.05) is 44.2 Å². The summed E-state index contributed by atoms with van der Waals surface area (Å²) in [6, 6.07) is 12.5. The normalized spacial score (nSPS) is 15.2. The third-order valence-electron chi connectivity index (χ3n) is 5.47. The summed E-state index contributed by atoms with van der Waals surface area (Å²) in [5.74, 6) is 2.97. The van der Waals surface area contributed by atoms with Crippen LogP contribution in [0, 0.1) is 5.92 Å². The van der Waals surface area contributed by atoms with Crippen molar-refractivity contribution in [3.05, 3.63) is 53.7 Å². The molecule has 3 N–H and O–H groups in total. The van der Waals surface area contributed by atoms with Gasteiger partial charge in [0.05, 0.1) is 6.20 Å². The van der Waals surface area contributed by atoms with Crippen molar-refractivity contribution in [1.82, 2.24) is 19.9 Å². The minimum atomic E-state index is 0.381. The van der Waals surface area contributed by atoms with E-state index in [1.54, 1.807) is 0 Å². The molecule has 3 heterocycles. The summed E-state index contributed by atoms with van der Waals surface area (Å²) in [7, 11) is 0. The van der Waals surface area contributed by atoms with Crippen LogP contribution in [0.4, 0.5) is 11.6 Å². The highest BCUT2D eigenvalue weighted by Crippen LogP contribution is 2.25. The highest BCUT2D eigenvalue weighted by Gasteiger charge is 2.16. The molecule has 0 radical (unpaired) electrons. The van der Waals surface area contributed by atoms with E-state index in [-0.39, 0.29) is 0 Å². The van der Waals surface area contributed by atoms with E-state index in [0.717, 1.165) is 43.5 Å². The summed E-state index contributed by atoms with van der Waals surface area (Å²) in [6.07, 6.45) is 4.38. The molecule has 0 atom stereocenters. The van der Waals surface area contributed by atoms with Gasteiger partial charge in [-0.2, -0.15) is 9.61 Å². The molecule has 4 rings (SSSR count). The van der Waals surface area contributed by atoms with Crippen LogP contribution < -0.4 is 16.0 Å². The fourth-order valence-electron chi connectivity index (χ4n) is 3.73. The third-order valence-corrected chi connectivity index (χ3v) is 5.47. The fourth-order valence-corrected chi connectivity index (χ4v) is 3.73. The number of fused-ring (bicyclic) bond motifs is 1. The number of hydrogen-bond donors (Lipinski definition) is 3. The second kappa shape index (κ2) is 8.61. The molecule has 0 unspecified atom stereocenters. The molecule has 1 aliphatic rings. The van der Waals surface area contributed by atoms with Crippen LogP contribution >= 0.6 is 0 Å². The highest BCUT2D eigenvalue weighted by atomic mass is 15.3. The molecular formula is C22H30N6. The lowest BCUT2D eigenvalue weighted by Gasteiger charge is -2.23. The van der Waals surface area contributed by atoms with Gasteiger partial charge in [0.1, 0.15) is 11.6 Å². The number of hydrogen-bond acceptors (Lipinski definition) is 5. The summed E-state index contributed by atoms with van der Waals surface area (Å²) >= 11 is 0. The lowest BCUT2D eigenvalue weighted by atomic mass is 9.98. The van der Waals surface area contributed by atoms with Crippen LogP contribution in [0.25, 0.3) is 5.65 Å². The van der Waals surface area contributed by atoms with E-state index >= 15 is 0 Å². The van der Waals surface area contributed by atoms with Gasteiger partial charge in [-0.25, -0.2) is 4.98 Å². The molecule has 6 heteroatoms. The number of anilines is 2. The molecular weight excluding hydrogens is 348 g/mol. The minimum Gasteiger partial charge on any atom is -0.370 e. The van der Waals surface area contributed by atoms with Crippen molar-refractivity contribution in [2.75, 3.05) is 30.3 Å². The Morgan fingerprint density at radius 2 is 1.93 bits per heavy atom. The Hall–Kier alpha value is -2.60. The fraction of sp³-hybridized carbons (Fsp3) is 0.455. The van der Waals surface area contributed by atoms with Gasteiger partial charge in [0.2, 0.25) is 0 Å². The third kappa shape index (κ3) is 4.28. The Balaban J connectivity index is 1.58. The maximum absolute atomic E-state index is 4.89. The van der Waals surface area contributed by atoms with Gasteiger partial charge >= 0.3 is 0 Å². The van der Waals surface area contributed by atoms with Crippen molar-refractivity contribution in [1.29, 1.82) is 0 Å². The molecule has 2 aromatic heterocycles. The average Bonchev–Trinajstić information content (AvgIpc) is 3.16. The summed E-state index contributed by atoms with van der Waals surface area (Å²) in [6.45, 7) is 8.32. The first-order chi connectivity index (χ1) is 13.7. The van der Waals surface area contributed by atoms with Crippen LogP contribution in [0.5, 0.6) is 0 Å². The number of nitrogens with zero attached hydrogens (tertiary/aromatic N) is 3. The summed E-state index contributed by atoms with van der Waals surface area (Å²) in [4.78, 5) is 4.89. The van der Waals surface area contributed by atoms with Crippen LogP contribution in [0.3, 0.4) is 0 Å². The minimum absolute atomic E-state index is 0.381. The van der Waals surface area contributed by atoms with Crippen molar-refractivity contribution in [2.45, 2.75) is 39.2 Å². The first-order valence-electron chi connectivity index (χ1n) is 10.3. The molecule has 0 bridgehead atoms. The van der Waals surface area contributed by atoms with Crippen LogP contribution in [-0.2, 0) is 6.54 Å². The van der Waals surface area contributed by atoms with Crippen molar-refractivity contribution in [3.63, 3.8) is 0 Å². The Kier molecular flexibility index (Phi) is 5.76. The summed E-state index contributed by atoms with van der Waals surface area (Å²) in [5.41, 5.74) is 3.35. The van der Waals surface area contributed by atoms with Gasteiger partial charge in [0.15, 0.2) is 5.65 Å². The van der Waals surface area contributed by atoms with Crippen LogP contribution in [0.2, 0.25) is 0 Å². The molecule has 1 saturated heterocycles. The largest absolute Gasteiger partial charge is 0.370 e. The van der Waals surface area contributed by atoms with Crippen LogP contribution in [0.15, 0.2) is 42.6 Å². The van der Waals surface area contributed by atoms with E-state index in [9.17, 15) is 0 Å². The molecule has 1 aromatic carbocycles. The predicted octanol–water partition coefficient (Wildman–Crippen LogP) is 3.88. The number of rotatable bonds is 7. The molecule has 0 saturated carbocycles. The van der Waals surface area contributed by atoms with Gasteiger partial charge in [0, 0.05) is 24.7 Å². The van der Waals surface area contributed by atoms with E-state index in [0.29, 0.717) is 11.8 Å². The van der Waals surface area contributed by atoms with Gasteiger partial charge in [-0.05, 0) is 43.3 Å². The van der Waals surface area contributed by atoms with Crippen molar-refractivity contribution in [3.8, 4) is 0 Å². The van der Waals surface area contributed by atoms with Gasteiger partial charge < -0.3 is 16.0 Å². The number of piperidine rings is 1. The standard InChI is InChI=1S/C22H30N6/c1-16(2)19-15-26-28-21(25-14-17-6-4-3-5-7-17)12-20(27-22(19)28)24-13-18-8-10-23-11-9-18/h3-7,12,15-16,18,23,25H,8-11,13-14H2,1-2H3,(H,24,27). The molecule has 0 spiro atoms. The first-order valence-corrected chi connectivity index (χ1v) is 10.3. The Morgan fingerprint density at radius 1 is 1.14 bits per heavy atom. The zero-order valence-electron chi connectivity index (χ0n) is 16.8. The highest BCUT2D eigenvalue weighted by molar-refractivity contribution is 5.61. The van der Waals surface area contributed by atoms with Crippen LogP contribution in [0.1, 0.15) is 43.7 Å². The lowest BCUT2D eigenvalue weighted by molar-refractivity contribution is 0.389. The van der Waals surface area contributed by atoms with Crippen molar-refractivity contribution in [2.24, 2.45) is 5.92 Å². The quantitative estimate of drug-likeness (QED) is 0.582. The second-order valence-corrected chi connectivity index (χ2v) is 7.93. The smallest absolute Gasteiger partial charge is 0.163 e. The zero-order chi connectivity index (χ0) is 19.3. The van der Waals surface area contributed by atoms with Crippen LogP contribution in [-0.4, -0.2) is 34.2 Å². The van der Waals surface area contributed by atoms with Gasteiger partial charge in [-0.3, -0.25) is 0 Å². The molecule has 28 heavy (non-hydrogen) atoms. The second-order valence-electron chi connectivity index (χ2n) is 7.93. The molecule has 0 amide bonds. The first kappa shape index (κ1) is 18.7. The number of aromatic nitrogens is 3. The summed E-state index contributed by atoms with van der Waals surface area (Å²) < 4.78 is 1.92. The topological polar surface area (TPSA) is 66.3 Å². The SMILES string of the molecule is CC(C)c1cnn2c(NCc3ccccc3)cc(NCC3CCNCC3)nc12. The predicted molar refractivity (Wildman–Crippen MR) is 115 cm³/mol. The molecule has 0 aliphatic carbocycles. The maximum Gasteiger partial charge on any atom is 0.163 e. The number of nitrogens with one attached hydrogen (secondary N) is 3.